The van der Waals surface area contributed by atoms with Gasteiger partial charge in [0.1, 0.15) is 0 Å². The molecule has 0 saturated heterocycles. The van der Waals surface area contributed by atoms with Crippen LogP contribution >= 0.6 is 11.3 Å². The zero-order valence-electron chi connectivity index (χ0n) is 15.9. The maximum absolute atomic E-state index is 12.1. The number of ether oxygens (including phenoxy) is 1. The molecule has 0 fully saturated rings. The Bertz CT molecular complexity index is 999. The highest BCUT2D eigenvalue weighted by Crippen LogP contribution is 2.18. The maximum Gasteiger partial charge on any atom is 0.306 e. The van der Waals surface area contributed by atoms with Gasteiger partial charge >= 0.3 is 5.97 Å². The lowest BCUT2D eigenvalue weighted by atomic mass is 10.1. The van der Waals surface area contributed by atoms with Crippen molar-refractivity contribution in [1.29, 1.82) is 0 Å². The van der Waals surface area contributed by atoms with Gasteiger partial charge in [-0.25, -0.2) is 4.98 Å². The van der Waals surface area contributed by atoms with Gasteiger partial charge in [0.25, 0.3) is 11.7 Å². The third kappa shape index (κ3) is 4.45. The van der Waals surface area contributed by atoms with Crippen molar-refractivity contribution in [2.45, 2.75) is 39.7 Å². The Morgan fingerprint density at radius 3 is 2.86 bits per heavy atom. The van der Waals surface area contributed by atoms with E-state index in [2.05, 4.69) is 20.4 Å². The van der Waals surface area contributed by atoms with Crippen molar-refractivity contribution in [2.24, 2.45) is 0 Å². The van der Waals surface area contributed by atoms with Gasteiger partial charge in [0.15, 0.2) is 6.61 Å². The number of carbonyl (C=O) groups is 2. The van der Waals surface area contributed by atoms with Crippen LogP contribution in [0.3, 0.4) is 0 Å². The minimum Gasteiger partial charge on any atom is -0.456 e. The van der Waals surface area contributed by atoms with Gasteiger partial charge in [0.05, 0.1) is 6.04 Å². The molecule has 0 aliphatic rings. The van der Waals surface area contributed by atoms with Crippen molar-refractivity contribution in [3.8, 4) is 0 Å². The minimum absolute atomic E-state index is 0.121. The van der Waals surface area contributed by atoms with Gasteiger partial charge in [-0.05, 0) is 44.2 Å². The number of nitrogen functional groups attached to an aromatic ring is 1. The fraction of sp³-hybridized carbons (Fsp3) is 0.389. The second-order valence-electron chi connectivity index (χ2n) is 6.41. The number of esters is 1. The van der Waals surface area contributed by atoms with Crippen LogP contribution in [0.5, 0.6) is 0 Å². The summed E-state index contributed by atoms with van der Waals surface area (Å²) in [6.07, 6.45) is 0.555. The van der Waals surface area contributed by atoms with Gasteiger partial charge in [0, 0.05) is 22.7 Å². The summed E-state index contributed by atoms with van der Waals surface area (Å²) >= 11 is 1.56. The van der Waals surface area contributed by atoms with E-state index in [0.29, 0.717) is 12.2 Å². The van der Waals surface area contributed by atoms with Gasteiger partial charge in [-0.3, -0.25) is 9.59 Å². The second kappa shape index (κ2) is 8.34. The van der Waals surface area contributed by atoms with Crippen molar-refractivity contribution in [3.05, 3.63) is 39.3 Å². The van der Waals surface area contributed by atoms with Crippen LogP contribution in [0.2, 0.25) is 0 Å². The van der Waals surface area contributed by atoms with Gasteiger partial charge in [0.2, 0.25) is 5.95 Å². The summed E-state index contributed by atoms with van der Waals surface area (Å²) in [5, 5.41) is 8.85. The molecule has 0 saturated carbocycles. The van der Waals surface area contributed by atoms with Crippen molar-refractivity contribution in [2.75, 3.05) is 12.3 Å². The van der Waals surface area contributed by atoms with E-state index in [1.807, 2.05) is 38.3 Å². The van der Waals surface area contributed by atoms with Crippen molar-refractivity contribution in [1.82, 2.24) is 24.9 Å². The summed E-state index contributed by atoms with van der Waals surface area (Å²) in [4.78, 5) is 33.5. The highest BCUT2D eigenvalue weighted by Gasteiger charge is 2.16. The average molecular weight is 402 g/mol. The highest BCUT2D eigenvalue weighted by atomic mass is 32.1. The predicted octanol–water partition coefficient (Wildman–Crippen LogP) is 1.74. The van der Waals surface area contributed by atoms with Crippen molar-refractivity contribution < 1.29 is 14.3 Å². The predicted molar refractivity (Wildman–Crippen MR) is 105 cm³/mol. The van der Waals surface area contributed by atoms with E-state index in [-0.39, 0.29) is 30.9 Å². The molecule has 1 amide bonds. The first-order valence-electron chi connectivity index (χ1n) is 8.82. The van der Waals surface area contributed by atoms with Crippen LogP contribution in [0.15, 0.2) is 17.5 Å². The lowest BCUT2D eigenvalue weighted by molar-refractivity contribution is -0.148. The number of nitrogens with zero attached hydrogens (tertiary/aromatic N) is 4. The summed E-state index contributed by atoms with van der Waals surface area (Å²) in [5.74, 6) is -0.205. The average Bonchev–Trinajstić information content (AvgIpc) is 3.29. The summed E-state index contributed by atoms with van der Waals surface area (Å²) < 4.78 is 6.65. The van der Waals surface area contributed by atoms with Gasteiger partial charge in [-0.1, -0.05) is 6.07 Å². The van der Waals surface area contributed by atoms with Crippen LogP contribution in [0.25, 0.3) is 5.78 Å². The van der Waals surface area contributed by atoms with Crippen LogP contribution in [-0.2, 0) is 20.7 Å². The molecule has 9 nitrogen and oxygen atoms in total. The van der Waals surface area contributed by atoms with E-state index in [9.17, 15) is 9.59 Å². The van der Waals surface area contributed by atoms with Crippen LogP contribution in [0.1, 0.15) is 41.2 Å². The molecule has 3 heterocycles. The van der Waals surface area contributed by atoms with Crippen LogP contribution in [0, 0.1) is 13.8 Å². The Morgan fingerprint density at radius 1 is 1.36 bits per heavy atom. The smallest absolute Gasteiger partial charge is 0.306 e. The topological polar surface area (TPSA) is 124 Å². The molecule has 0 unspecified atom stereocenters. The summed E-state index contributed by atoms with van der Waals surface area (Å²) in [7, 11) is 0. The molecule has 0 aliphatic heterocycles. The molecule has 3 rings (SSSR count). The Hall–Kier alpha value is -3.01. The maximum atomic E-state index is 12.1. The molecule has 28 heavy (non-hydrogen) atoms. The molecule has 0 bridgehead atoms. The molecule has 0 spiro atoms. The zero-order chi connectivity index (χ0) is 20.3. The number of nitrogens with one attached hydrogen (secondary N) is 1. The second-order valence-corrected chi connectivity index (χ2v) is 7.39. The SMILES string of the molecule is Cc1nc2nc(N)nn2c(C)c1CCC(=O)OCC(=O)N[C@H](C)c1cccs1. The van der Waals surface area contributed by atoms with Crippen LogP contribution in [-0.4, -0.2) is 38.1 Å². The number of aromatic nitrogens is 4. The number of amides is 1. The molecule has 3 aromatic heterocycles. The van der Waals surface area contributed by atoms with Gasteiger partial charge in [-0.15, -0.1) is 16.4 Å². The van der Waals surface area contributed by atoms with Crippen LogP contribution in [0.4, 0.5) is 5.95 Å². The van der Waals surface area contributed by atoms with E-state index in [1.165, 1.54) is 0 Å². The Morgan fingerprint density at radius 2 is 2.14 bits per heavy atom. The van der Waals surface area contributed by atoms with Gasteiger partial charge < -0.3 is 15.8 Å². The molecular formula is C18H22N6O3S. The third-order valence-electron chi connectivity index (χ3n) is 4.36. The number of fused-ring (bicyclic) bond motifs is 1. The van der Waals surface area contributed by atoms with E-state index in [1.54, 1.807) is 15.9 Å². The number of nitrogens with two attached hydrogens (primary N) is 1. The Labute approximate surface area is 165 Å². The molecule has 3 N–H and O–H groups in total. The zero-order valence-corrected chi connectivity index (χ0v) is 16.7. The first kappa shape index (κ1) is 19.7. The molecule has 148 valence electrons. The standard InChI is InChI=1S/C18H22N6O3S/c1-10-13(12(3)24-18(21-10)22-17(19)23-24)6-7-16(26)27-9-15(25)20-11(2)14-5-4-8-28-14/h4-5,8,11H,6-7,9H2,1-3H3,(H2,19,23)(H,20,25)/t11-/m1/s1. The van der Waals surface area contributed by atoms with Crippen molar-refractivity contribution in [3.63, 3.8) is 0 Å². The summed E-state index contributed by atoms with van der Waals surface area (Å²) in [6.45, 7) is 5.30. The monoisotopic (exact) mass is 402 g/mol. The molecular weight excluding hydrogens is 380 g/mol. The first-order chi connectivity index (χ1) is 13.3. The Kier molecular flexibility index (Phi) is 5.88. The van der Waals surface area contributed by atoms with E-state index in [4.69, 9.17) is 10.5 Å². The highest BCUT2D eigenvalue weighted by molar-refractivity contribution is 7.10. The number of rotatable bonds is 7. The fourth-order valence-electron chi connectivity index (χ4n) is 2.92. The van der Waals surface area contributed by atoms with Gasteiger partial charge in [-0.2, -0.15) is 9.50 Å². The normalized spacial score (nSPS) is 12.1. The minimum atomic E-state index is -0.448. The Balaban J connectivity index is 1.52. The quantitative estimate of drug-likeness (QED) is 0.577. The number of thiophene rings is 1. The third-order valence-corrected chi connectivity index (χ3v) is 5.41. The summed E-state index contributed by atoms with van der Waals surface area (Å²) in [5.41, 5.74) is 8.08. The number of carbonyl (C=O) groups excluding carboxylic acids is 2. The molecule has 10 heteroatoms. The number of aryl methyl sites for hydroxylation is 2. The first-order valence-corrected chi connectivity index (χ1v) is 9.70. The molecule has 1 atom stereocenters. The number of hydrogen-bond acceptors (Lipinski definition) is 8. The molecule has 3 aromatic rings. The largest absolute Gasteiger partial charge is 0.456 e. The lowest BCUT2D eigenvalue weighted by Gasteiger charge is -2.13. The van der Waals surface area contributed by atoms with E-state index >= 15 is 0 Å². The lowest BCUT2D eigenvalue weighted by Crippen LogP contribution is -2.30. The van der Waals surface area contributed by atoms with E-state index in [0.717, 1.165) is 21.8 Å². The fourth-order valence-corrected chi connectivity index (χ4v) is 3.66. The van der Waals surface area contributed by atoms with E-state index < -0.39 is 5.97 Å². The molecule has 0 aliphatic carbocycles. The number of hydrogen-bond donors (Lipinski definition) is 2. The number of anilines is 1. The van der Waals surface area contributed by atoms with Crippen LogP contribution < -0.4 is 11.1 Å². The molecule has 0 radical (unpaired) electrons. The molecule has 0 aromatic carbocycles. The summed E-state index contributed by atoms with van der Waals surface area (Å²) in [6, 6.07) is 3.75. The van der Waals surface area contributed by atoms with Crippen molar-refractivity contribution >= 4 is 34.9 Å².